The van der Waals surface area contributed by atoms with Gasteiger partial charge < -0.3 is 9.64 Å². The second-order valence-corrected chi connectivity index (χ2v) is 7.50. The Bertz CT molecular complexity index is 690. The Morgan fingerprint density at radius 2 is 2.14 bits per heavy atom. The van der Waals surface area contributed by atoms with Gasteiger partial charge in [-0.15, -0.1) is 0 Å². The van der Waals surface area contributed by atoms with Crippen LogP contribution in [0.5, 0.6) is 0 Å². The van der Waals surface area contributed by atoms with Crippen LogP contribution >= 0.6 is 15.9 Å². The van der Waals surface area contributed by atoms with Crippen LogP contribution in [-0.2, 0) is 22.6 Å². The minimum Gasteiger partial charge on any atom is -0.379 e. The van der Waals surface area contributed by atoms with Gasteiger partial charge in [0.05, 0.1) is 29.8 Å². The van der Waals surface area contributed by atoms with Gasteiger partial charge in [0.15, 0.2) is 0 Å². The highest BCUT2D eigenvalue weighted by Gasteiger charge is 2.15. The number of hydrogen-bond donors (Lipinski definition) is 0. The minimum absolute atomic E-state index is 0.344. The topological polar surface area (TPSA) is 47.4 Å². The van der Waals surface area contributed by atoms with E-state index < -0.39 is 16.6 Å². The summed E-state index contributed by atoms with van der Waals surface area (Å²) in [5.74, 6) is -0.0777. The van der Waals surface area contributed by atoms with Gasteiger partial charge in [-0.2, -0.15) is 5.10 Å². The fourth-order valence-corrected chi connectivity index (χ4v) is 3.56. The molecule has 0 amide bonds. The summed E-state index contributed by atoms with van der Waals surface area (Å²) < 4.78 is 33.9. The van der Waals surface area contributed by atoms with Gasteiger partial charge in [0, 0.05) is 23.9 Å². The highest BCUT2D eigenvalue weighted by atomic mass is 79.9. The summed E-state index contributed by atoms with van der Waals surface area (Å²) in [6.07, 6.45) is 0. The number of aryl methyl sites for hydroxylation is 1. The lowest BCUT2D eigenvalue weighted by molar-refractivity contribution is 0.131. The molecule has 0 saturated heterocycles. The predicted octanol–water partition coefficient (Wildman–Crippen LogP) is 2.16. The second-order valence-electron chi connectivity index (χ2n) is 5.18. The molecule has 0 fully saturated rings. The summed E-state index contributed by atoms with van der Waals surface area (Å²) in [5, 5.41) is 4.74. The third-order valence-electron chi connectivity index (χ3n) is 3.18. The number of hydrogen-bond acceptors (Lipinski definition) is 4. The van der Waals surface area contributed by atoms with Crippen LogP contribution in [0.25, 0.3) is 10.9 Å². The van der Waals surface area contributed by atoms with Crippen molar-refractivity contribution in [1.82, 2.24) is 14.7 Å². The van der Waals surface area contributed by atoms with Crippen LogP contribution < -0.4 is 0 Å². The van der Waals surface area contributed by atoms with Crippen molar-refractivity contribution in [3.8, 4) is 0 Å². The van der Waals surface area contributed by atoms with Crippen LogP contribution in [0, 0.1) is 5.82 Å². The van der Waals surface area contributed by atoms with E-state index in [4.69, 9.17) is 4.74 Å². The Hall–Kier alpha value is -0.830. The molecule has 2 aromatic rings. The summed E-state index contributed by atoms with van der Waals surface area (Å²) >= 11 is 3.29. The minimum atomic E-state index is -1.30. The maximum atomic E-state index is 14.2. The molecule has 0 aliphatic carbocycles. The predicted molar refractivity (Wildman–Crippen MR) is 89.0 cm³/mol. The van der Waals surface area contributed by atoms with E-state index >= 15 is 0 Å². The molecule has 0 aliphatic rings. The molecule has 0 N–H and O–H groups in total. The van der Waals surface area contributed by atoms with Crippen LogP contribution in [0.3, 0.4) is 0 Å². The monoisotopic (exact) mass is 391 g/mol. The van der Waals surface area contributed by atoms with Gasteiger partial charge in [-0.05, 0) is 42.2 Å². The van der Waals surface area contributed by atoms with E-state index in [9.17, 15) is 8.60 Å². The molecule has 1 aromatic carbocycles. The standard InChI is InChI=1S/C14H19BrFN3O2S/c1-18(2)4-5-21-6-7-22(20)10-8-11-13(12(16)9-10)19(3)17-14(11)15/h8-9H,4-7H2,1-3H3. The zero-order valence-electron chi connectivity index (χ0n) is 12.8. The number of fused-ring (bicyclic) bond motifs is 1. The molecule has 1 aromatic heterocycles. The van der Waals surface area contributed by atoms with E-state index in [1.807, 2.05) is 19.0 Å². The highest BCUT2D eigenvalue weighted by Crippen LogP contribution is 2.27. The number of ether oxygens (including phenoxy) is 1. The van der Waals surface area contributed by atoms with Crippen LogP contribution in [0.1, 0.15) is 0 Å². The van der Waals surface area contributed by atoms with Gasteiger partial charge >= 0.3 is 0 Å². The maximum absolute atomic E-state index is 14.2. The number of rotatable bonds is 7. The summed E-state index contributed by atoms with van der Waals surface area (Å²) in [4.78, 5) is 2.47. The van der Waals surface area contributed by atoms with E-state index in [1.165, 1.54) is 10.7 Å². The first-order valence-corrected chi connectivity index (χ1v) is 8.94. The molecule has 0 aliphatic heterocycles. The molecule has 0 saturated carbocycles. The Labute approximate surface area is 140 Å². The van der Waals surface area contributed by atoms with Crippen LogP contribution in [0.2, 0.25) is 0 Å². The molecule has 0 spiro atoms. The molecule has 5 nitrogen and oxygen atoms in total. The Balaban J connectivity index is 2.04. The molecule has 1 atom stereocenters. The quantitative estimate of drug-likeness (QED) is 0.678. The van der Waals surface area contributed by atoms with Crippen LogP contribution in [-0.4, -0.2) is 58.5 Å². The first-order chi connectivity index (χ1) is 10.4. The second kappa shape index (κ2) is 7.63. The van der Waals surface area contributed by atoms with E-state index in [0.29, 0.717) is 39.4 Å². The Morgan fingerprint density at radius 1 is 1.41 bits per heavy atom. The number of halogens is 2. The van der Waals surface area contributed by atoms with Crippen molar-refractivity contribution in [2.24, 2.45) is 7.05 Å². The molecular formula is C14H19BrFN3O2S. The number of likely N-dealkylation sites (N-methyl/N-ethyl adjacent to an activating group) is 1. The van der Waals surface area contributed by atoms with Crippen molar-refractivity contribution in [3.63, 3.8) is 0 Å². The van der Waals surface area contributed by atoms with E-state index in [0.717, 1.165) is 6.54 Å². The molecular weight excluding hydrogens is 373 g/mol. The molecule has 2 rings (SSSR count). The van der Waals surface area contributed by atoms with Gasteiger partial charge in [0.25, 0.3) is 0 Å². The molecule has 122 valence electrons. The van der Waals surface area contributed by atoms with Crippen molar-refractivity contribution in [3.05, 3.63) is 22.6 Å². The molecule has 0 bridgehead atoms. The third kappa shape index (κ3) is 4.13. The fourth-order valence-electron chi connectivity index (χ4n) is 2.03. The number of nitrogens with zero attached hydrogens (tertiary/aromatic N) is 3. The van der Waals surface area contributed by atoms with Crippen LogP contribution in [0.15, 0.2) is 21.6 Å². The fraction of sp³-hybridized carbons (Fsp3) is 0.500. The molecule has 22 heavy (non-hydrogen) atoms. The Kier molecular flexibility index (Phi) is 6.08. The third-order valence-corrected chi connectivity index (χ3v) is 5.06. The molecule has 8 heteroatoms. The zero-order chi connectivity index (χ0) is 16.3. The molecule has 1 unspecified atom stereocenters. The first-order valence-electron chi connectivity index (χ1n) is 6.82. The number of benzene rings is 1. The molecule has 1 heterocycles. The summed E-state index contributed by atoms with van der Waals surface area (Å²) in [6, 6.07) is 3.03. The van der Waals surface area contributed by atoms with Gasteiger partial charge in [-0.3, -0.25) is 8.89 Å². The average molecular weight is 392 g/mol. The number of aromatic nitrogens is 2. The van der Waals surface area contributed by atoms with Crippen molar-refractivity contribution >= 4 is 37.6 Å². The van der Waals surface area contributed by atoms with Gasteiger partial charge in [0.1, 0.15) is 15.9 Å². The van der Waals surface area contributed by atoms with Gasteiger partial charge in [-0.25, -0.2) is 4.39 Å². The van der Waals surface area contributed by atoms with E-state index in [-0.39, 0.29) is 0 Å². The summed E-state index contributed by atoms with van der Waals surface area (Å²) in [6.45, 7) is 1.79. The molecule has 0 radical (unpaired) electrons. The van der Waals surface area contributed by atoms with Crippen molar-refractivity contribution in [2.45, 2.75) is 4.90 Å². The zero-order valence-corrected chi connectivity index (χ0v) is 15.2. The van der Waals surface area contributed by atoms with E-state index in [1.54, 1.807) is 13.1 Å². The van der Waals surface area contributed by atoms with Gasteiger partial charge in [0.2, 0.25) is 0 Å². The first kappa shape index (κ1) is 17.5. The maximum Gasteiger partial charge on any atom is 0.150 e. The largest absolute Gasteiger partial charge is 0.379 e. The smallest absolute Gasteiger partial charge is 0.150 e. The Morgan fingerprint density at radius 3 is 2.82 bits per heavy atom. The van der Waals surface area contributed by atoms with Gasteiger partial charge in [-0.1, -0.05) is 0 Å². The van der Waals surface area contributed by atoms with Crippen LogP contribution in [0.4, 0.5) is 4.39 Å². The van der Waals surface area contributed by atoms with Crippen molar-refractivity contribution < 1.29 is 13.3 Å². The lowest BCUT2D eigenvalue weighted by atomic mass is 10.2. The summed E-state index contributed by atoms with van der Waals surface area (Å²) in [5.41, 5.74) is 0.398. The van der Waals surface area contributed by atoms with Crippen molar-refractivity contribution in [1.29, 1.82) is 0 Å². The van der Waals surface area contributed by atoms with Crippen molar-refractivity contribution in [2.75, 3.05) is 39.6 Å². The lowest BCUT2D eigenvalue weighted by Crippen LogP contribution is -2.19. The lowest BCUT2D eigenvalue weighted by Gasteiger charge is -2.09. The van der Waals surface area contributed by atoms with E-state index in [2.05, 4.69) is 21.0 Å². The SMILES string of the molecule is CN(C)CCOCCS(=O)c1cc(F)c2c(c1)c(Br)nn2C. The normalized spacial score (nSPS) is 13.2. The summed E-state index contributed by atoms with van der Waals surface area (Å²) in [7, 11) is 4.30. The highest BCUT2D eigenvalue weighted by molar-refractivity contribution is 9.10. The average Bonchev–Trinajstić information content (AvgIpc) is 2.73.